The van der Waals surface area contributed by atoms with E-state index in [-0.39, 0.29) is 23.8 Å². The number of rotatable bonds is 7. The molecule has 0 aliphatic heterocycles. The zero-order valence-corrected chi connectivity index (χ0v) is 14.8. The number of hydrogen-bond acceptors (Lipinski definition) is 4. The number of amides is 1. The Morgan fingerprint density at radius 2 is 1.92 bits per heavy atom. The van der Waals surface area contributed by atoms with E-state index in [0.717, 1.165) is 17.1 Å². The Kier molecular flexibility index (Phi) is 6.01. The molecule has 7 heteroatoms. The van der Waals surface area contributed by atoms with E-state index < -0.39 is 0 Å². The predicted octanol–water partition coefficient (Wildman–Crippen LogP) is 2.83. The van der Waals surface area contributed by atoms with Crippen LogP contribution >= 0.6 is 11.8 Å². The van der Waals surface area contributed by atoms with Crippen LogP contribution in [-0.4, -0.2) is 27.8 Å². The van der Waals surface area contributed by atoms with Crippen LogP contribution in [0.1, 0.15) is 6.42 Å². The smallest absolute Gasteiger partial charge is 0.269 e. The number of carbonyl (C=O) groups excluding carboxylic acids is 1. The number of aromatic nitrogens is 2. The Balaban J connectivity index is 1.48. The van der Waals surface area contributed by atoms with Crippen molar-refractivity contribution in [3.8, 4) is 0 Å². The number of thioether (sulfide) groups is 1. The number of nitrogens with zero attached hydrogens (tertiary/aromatic N) is 2. The molecule has 0 unspecified atom stereocenters. The third kappa shape index (κ3) is 4.70. The molecule has 3 aromatic rings. The number of fused-ring (bicyclic) bond motifs is 1. The van der Waals surface area contributed by atoms with Gasteiger partial charge in [0.2, 0.25) is 5.91 Å². The van der Waals surface area contributed by atoms with E-state index in [4.69, 9.17) is 0 Å². The normalized spacial score (nSPS) is 10.8. The Hall–Kier alpha value is -2.67. The average Bonchev–Trinajstić information content (AvgIpc) is 2.65. The lowest BCUT2D eigenvalue weighted by Crippen LogP contribution is -2.33. The van der Waals surface area contributed by atoms with Crippen molar-refractivity contribution in [2.75, 3.05) is 12.3 Å². The van der Waals surface area contributed by atoms with Crippen molar-refractivity contribution in [3.63, 3.8) is 0 Å². The minimum atomic E-state index is -0.300. The summed E-state index contributed by atoms with van der Waals surface area (Å²) in [6.45, 7) is 0.484. The van der Waals surface area contributed by atoms with Crippen LogP contribution in [0.4, 0.5) is 4.39 Å². The molecule has 3 rings (SSSR count). The van der Waals surface area contributed by atoms with E-state index in [9.17, 15) is 14.0 Å². The summed E-state index contributed by atoms with van der Waals surface area (Å²) < 4.78 is 14.3. The molecule has 0 atom stereocenters. The van der Waals surface area contributed by atoms with Gasteiger partial charge in [-0.3, -0.25) is 14.2 Å². The largest absolute Gasteiger partial charge is 0.355 e. The van der Waals surface area contributed by atoms with Gasteiger partial charge in [-0.15, -0.1) is 11.8 Å². The van der Waals surface area contributed by atoms with Crippen molar-refractivity contribution in [2.24, 2.45) is 0 Å². The topological polar surface area (TPSA) is 64.0 Å². The molecule has 0 aliphatic carbocycles. The van der Waals surface area contributed by atoms with Crippen molar-refractivity contribution in [2.45, 2.75) is 17.9 Å². The summed E-state index contributed by atoms with van der Waals surface area (Å²) in [4.78, 5) is 29.2. The third-order valence-corrected chi connectivity index (χ3v) is 4.88. The van der Waals surface area contributed by atoms with Crippen molar-refractivity contribution in [3.05, 3.63) is 70.9 Å². The summed E-state index contributed by atoms with van der Waals surface area (Å²) in [6, 6.07) is 13.6. The monoisotopic (exact) mass is 371 g/mol. The second-order valence-electron chi connectivity index (χ2n) is 5.68. The van der Waals surface area contributed by atoms with E-state index in [1.54, 1.807) is 36.0 Å². The van der Waals surface area contributed by atoms with Gasteiger partial charge < -0.3 is 5.32 Å². The summed E-state index contributed by atoms with van der Waals surface area (Å²) in [5.74, 6) is 0.347. The highest BCUT2D eigenvalue weighted by Gasteiger charge is 2.08. The van der Waals surface area contributed by atoms with Gasteiger partial charge in [-0.25, -0.2) is 9.37 Å². The molecule has 0 saturated carbocycles. The zero-order chi connectivity index (χ0) is 18.4. The summed E-state index contributed by atoms with van der Waals surface area (Å²) >= 11 is 1.61. The second-order valence-corrected chi connectivity index (χ2v) is 6.85. The number of carbonyl (C=O) groups is 1. The average molecular weight is 371 g/mol. The molecule has 2 aromatic carbocycles. The SMILES string of the molecule is O=C(Cn1c(=O)cnc2ccccc21)NCCCSc1ccc(F)cc1. The van der Waals surface area contributed by atoms with Gasteiger partial charge >= 0.3 is 0 Å². The maximum atomic E-state index is 12.8. The molecular weight excluding hydrogens is 353 g/mol. The minimum Gasteiger partial charge on any atom is -0.355 e. The molecule has 1 heterocycles. The highest BCUT2D eigenvalue weighted by Crippen LogP contribution is 2.18. The van der Waals surface area contributed by atoms with Crippen LogP contribution < -0.4 is 10.9 Å². The van der Waals surface area contributed by atoms with E-state index in [1.165, 1.54) is 22.9 Å². The standard InChI is InChI=1S/C19H18FN3O2S/c20-14-6-8-15(9-7-14)26-11-3-10-21-18(24)13-23-17-5-2-1-4-16(17)22-12-19(23)25/h1-2,4-9,12H,3,10-11,13H2,(H,21,24). The fraction of sp³-hybridized carbons (Fsp3) is 0.211. The number of benzene rings is 2. The maximum Gasteiger partial charge on any atom is 0.269 e. The molecule has 0 radical (unpaired) electrons. The fourth-order valence-electron chi connectivity index (χ4n) is 2.50. The van der Waals surface area contributed by atoms with Gasteiger partial charge in [0.25, 0.3) is 5.56 Å². The van der Waals surface area contributed by atoms with Gasteiger partial charge in [0, 0.05) is 11.4 Å². The van der Waals surface area contributed by atoms with E-state index in [0.29, 0.717) is 17.6 Å². The number of hydrogen-bond donors (Lipinski definition) is 1. The Bertz CT molecular complexity index is 957. The Morgan fingerprint density at radius 3 is 2.73 bits per heavy atom. The van der Waals surface area contributed by atoms with Crippen LogP contribution in [0.25, 0.3) is 11.0 Å². The van der Waals surface area contributed by atoms with Crippen LogP contribution in [0.5, 0.6) is 0 Å². The van der Waals surface area contributed by atoms with Crippen LogP contribution in [0, 0.1) is 5.82 Å². The maximum absolute atomic E-state index is 12.8. The van der Waals surface area contributed by atoms with Crippen molar-refractivity contribution < 1.29 is 9.18 Å². The predicted molar refractivity (Wildman–Crippen MR) is 101 cm³/mol. The van der Waals surface area contributed by atoms with Gasteiger partial charge in [0.1, 0.15) is 12.4 Å². The first kappa shape index (κ1) is 18.1. The second kappa shape index (κ2) is 8.62. The van der Waals surface area contributed by atoms with Crippen LogP contribution in [0.15, 0.2) is 64.4 Å². The minimum absolute atomic E-state index is 0.0348. The fourth-order valence-corrected chi connectivity index (χ4v) is 3.35. The lowest BCUT2D eigenvalue weighted by Gasteiger charge is -2.10. The van der Waals surface area contributed by atoms with Crippen LogP contribution in [0.3, 0.4) is 0 Å². The number of para-hydroxylation sites is 2. The number of halogens is 1. The summed E-state index contributed by atoms with van der Waals surface area (Å²) in [6.07, 6.45) is 2.01. The lowest BCUT2D eigenvalue weighted by molar-refractivity contribution is -0.121. The summed E-state index contributed by atoms with van der Waals surface area (Å²) in [5, 5.41) is 2.83. The lowest BCUT2D eigenvalue weighted by atomic mass is 10.3. The molecule has 1 amide bonds. The molecule has 134 valence electrons. The Morgan fingerprint density at radius 1 is 1.15 bits per heavy atom. The first-order valence-corrected chi connectivity index (χ1v) is 9.22. The highest BCUT2D eigenvalue weighted by atomic mass is 32.2. The van der Waals surface area contributed by atoms with Gasteiger partial charge in [-0.1, -0.05) is 12.1 Å². The first-order chi connectivity index (χ1) is 12.6. The Labute approximate surface area is 154 Å². The quantitative estimate of drug-likeness (QED) is 0.512. The van der Waals surface area contributed by atoms with E-state index in [2.05, 4.69) is 10.3 Å². The summed E-state index contributed by atoms with van der Waals surface area (Å²) in [7, 11) is 0. The molecule has 0 bridgehead atoms. The molecule has 26 heavy (non-hydrogen) atoms. The van der Waals surface area contributed by atoms with Crippen molar-refractivity contribution >= 4 is 28.7 Å². The van der Waals surface area contributed by atoms with Crippen LogP contribution in [-0.2, 0) is 11.3 Å². The molecule has 1 aromatic heterocycles. The zero-order valence-electron chi connectivity index (χ0n) is 14.0. The molecule has 0 saturated heterocycles. The highest BCUT2D eigenvalue weighted by molar-refractivity contribution is 7.99. The van der Waals surface area contributed by atoms with Crippen molar-refractivity contribution in [1.29, 1.82) is 0 Å². The molecule has 0 spiro atoms. The van der Waals surface area contributed by atoms with Gasteiger partial charge in [0.15, 0.2) is 0 Å². The van der Waals surface area contributed by atoms with Gasteiger partial charge in [-0.2, -0.15) is 0 Å². The molecule has 0 aliphatic rings. The number of nitrogens with one attached hydrogen (secondary N) is 1. The van der Waals surface area contributed by atoms with Gasteiger partial charge in [-0.05, 0) is 48.6 Å². The van der Waals surface area contributed by atoms with E-state index >= 15 is 0 Å². The molecule has 5 nitrogen and oxygen atoms in total. The molecular formula is C19H18FN3O2S. The van der Waals surface area contributed by atoms with E-state index in [1.807, 2.05) is 12.1 Å². The molecule has 1 N–H and O–H groups in total. The third-order valence-electron chi connectivity index (χ3n) is 3.78. The first-order valence-electron chi connectivity index (χ1n) is 8.23. The van der Waals surface area contributed by atoms with Crippen LogP contribution in [0.2, 0.25) is 0 Å². The summed E-state index contributed by atoms with van der Waals surface area (Å²) in [5.41, 5.74) is 1.02. The van der Waals surface area contributed by atoms with Crippen molar-refractivity contribution in [1.82, 2.24) is 14.9 Å². The molecule has 0 fully saturated rings. The van der Waals surface area contributed by atoms with Gasteiger partial charge in [0.05, 0.1) is 17.2 Å².